The van der Waals surface area contributed by atoms with Crippen LogP contribution >= 0.6 is 0 Å². The predicted molar refractivity (Wildman–Crippen MR) is 58.3 cm³/mol. The molecule has 1 nitrogen and oxygen atoms in total. The fraction of sp³-hybridized carbons (Fsp3) is 0.538. The molecule has 0 spiro atoms. The van der Waals surface area contributed by atoms with Crippen molar-refractivity contribution in [1.29, 1.82) is 0 Å². The van der Waals surface area contributed by atoms with Gasteiger partial charge >= 0.3 is 0 Å². The third kappa shape index (κ3) is 1.46. The van der Waals surface area contributed by atoms with Gasteiger partial charge in [-0.15, -0.1) is 0 Å². The molecule has 76 valence electrons. The van der Waals surface area contributed by atoms with E-state index >= 15 is 0 Å². The standard InChI is InChI=1S/C13H18O/c1-4-13(2,3)12-7-5-6-10-8-14-9-11(10)12/h5-7H,4,8-9H2,1-3H3. The van der Waals surface area contributed by atoms with Crippen molar-refractivity contribution in [2.24, 2.45) is 0 Å². The summed E-state index contributed by atoms with van der Waals surface area (Å²) in [5.74, 6) is 0. The molecule has 0 atom stereocenters. The van der Waals surface area contributed by atoms with Gasteiger partial charge < -0.3 is 4.74 Å². The first-order valence-corrected chi connectivity index (χ1v) is 5.34. The Morgan fingerprint density at radius 3 is 2.79 bits per heavy atom. The summed E-state index contributed by atoms with van der Waals surface area (Å²) in [6.07, 6.45) is 1.17. The lowest BCUT2D eigenvalue weighted by atomic mass is 9.79. The summed E-state index contributed by atoms with van der Waals surface area (Å²) >= 11 is 0. The van der Waals surface area contributed by atoms with E-state index in [0.29, 0.717) is 0 Å². The molecule has 1 aliphatic heterocycles. The molecule has 0 saturated heterocycles. The van der Waals surface area contributed by atoms with Crippen molar-refractivity contribution >= 4 is 0 Å². The monoisotopic (exact) mass is 190 g/mol. The Hall–Kier alpha value is -0.820. The molecule has 0 aromatic heterocycles. The second-order valence-electron chi connectivity index (χ2n) is 4.67. The van der Waals surface area contributed by atoms with Crippen LogP contribution in [0.2, 0.25) is 0 Å². The Balaban J connectivity index is 2.49. The van der Waals surface area contributed by atoms with E-state index in [2.05, 4.69) is 39.0 Å². The second kappa shape index (κ2) is 3.39. The van der Waals surface area contributed by atoms with Crippen molar-refractivity contribution in [1.82, 2.24) is 0 Å². The highest BCUT2D eigenvalue weighted by atomic mass is 16.5. The Morgan fingerprint density at radius 1 is 1.29 bits per heavy atom. The highest BCUT2D eigenvalue weighted by Crippen LogP contribution is 2.34. The van der Waals surface area contributed by atoms with Crippen molar-refractivity contribution in [3.05, 3.63) is 34.9 Å². The fourth-order valence-corrected chi connectivity index (χ4v) is 2.03. The van der Waals surface area contributed by atoms with Crippen molar-refractivity contribution < 1.29 is 4.74 Å². The zero-order valence-corrected chi connectivity index (χ0v) is 9.26. The minimum Gasteiger partial charge on any atom is -0.372 e. The predicted octanol–water partition coefficient (Wildman–Crippen LogP) is 3.40. The third-order valence-corrected chi connectivity index (χ3v) is 3.39. The molecule has 1 aliphatic rings. The first-order chi connectivity index (χ1) is 6.65. The van der Waals surface area contributed by atoms with Gasteiger partial charge in [0.05, 0.1) is 13.2 Å². The lowest BCUT2D eigenvalue weighted by Gasteiger charge is -2.25. The summed E-state index contributed by atoms with van der Waals surface area (Å²) in [5.41, 5.74) is 4.55. The van der Waals surface area contributed by atoms with Crippen LogP contribution in [0.5, 0.6) is 0 Å². The van der Waals surface area contributed by atoms with Crippen LogP contribution in [-0.2, 0) is 23.4 Å². The van der Waals surface area contributed by atoms with E-state index in [-0.39, 0.29) is 5.41 Å². The van der Waals surface area contributed by atoms with E-state index in [4.69, 9.17) is 4.74 Å². The molecule has 0 amide bonds. The summed E-state index contributed by atoms with van der Waals surface area (Å²) in [6, 6.07) is 6.58. The second-order valence-corrected chi connectivity index (χ2v) is 4.67. The highest BCUT2D eigenvalue weighted by molar-refractivity contribution is 5.40. The van der Waals surface area contributed by atoms with Crippen LogP contribution in [0.25, 0.3) is 0 Å². The van der Waals surface area contributed by atoms with E-state index in [1.165, 1.54) is 23.1 Å². The molecular weight excluding hydrogens is 172 g/mol. The molecule has 0 unspecified atom stereocenters. The van der Waals surface area contributed by atoms with Crippen LogP contribution in [0.1, 0.15) is 43.9 Å². The maximum absolute atomic E-state index is 5.50. The first-order valence-electron chi connectivity index (χ1n) is 5.34. The van der Waals surface area contributed by atoms with E-state index in [0.717, 1.165) is 13.2 Å². The van der Waals surface area contributed by atoms with E-state index in [1.54, 1.807) is 0 Å². The van der Waals surface area contributed by atoms with Crippen LogP contribution in [0, 0.1) is 0 Å². The normalized spacial score (nSPS) is 15.6. The van der Waals surface area contributed by atoms with E-state index in [9.17, 15) is 0 Å². The number of ether oxygens (including phenoxy) is 1. The summed E-state index contributed by atoms with van der Waals surface area (Å²) in [5, 5.41) is 0. The van der Waals surface area contributed by atoms with Crippen LogP contribution in [0.15, 0.2) is 18.2 Å². The van der Waals surface area contributed by atoms with E-state index in [1.807, 2.05) is 0 Å². The number of rotatable bonds is 2. The minimum atomic E-state index is 0.277. The topological polar surface area (TPSA) is 9.23 Å². The first kappa shape index (κ1) is 9.72. The van der Waals surface area contributed by atoms with Gasteiger partial charge in [0.1, 0.15) is 0 Å². The maximum atomic E-state index is 5.50. The SMILES string of the molecule is CCC(C)(C)c1cccc2c1COC2. The van der Waals surface area contributed by atoms with Gasteiger partial charge in [0.2, 0.25) is 0 Å². The molecule has 1 heterocycles. The smallest absolute Gasteiger partial charge is 0.0727 e. The van der Waals surface area contributed by atoms with Gasteiger partial charge in [0, 0.05) is 0 Å². The Labute approximate surface area is 86.1 Å². The average Bonchev–Trinajstić information content (AvgIpc) is 2.64. The van der Waals surface area contributed by atoms with Gasteiger partial charge in [0.15, 0.2) is 0 Å². The zero-order chi connectivity index (χ0) is 10.2. The van der Waals surface area contributed by atoms with Gasteiger partial charge in [-0.25, -0.2) is 0 Å². The molecule has 0 bridgehead atoms. The minimum absolute atomic E-state index is 0.277. The van der Waals surface area contributed by atoms with E-state index < -0.39 is 0 Å². The lowest BCUT2D eigenvalue weighted by molar-refractivity contribution is 0.134. The molecule has 0 saturated carbocycles. The lowest BCUT2D eigenvalue weighted by Crippen LogP contribution is -2.17. The van der Waals surface area contributed by atoms with Crippen molar-refractivity contribution in [3.8, 4) is 0 Å². The highest BCUT2D eigenvalue weighted by Gasteiger charge is 2.25. The molecule has 0 fully saturated rings. The van der Waals surface area contributed by atoms with Crippen molar-refractivity contribution in [2.75, 3.05) is 0 Å². The maximum Gasteiger partial charge on any atom is 0.0727 e. The van der Waals surface area contributed by atoms with Crippen LogP contribution in [-0.4, -0.2) is 0 Å². The largest absolute Gasteiger partial charge is 0.372 e. The molecule has 0 N–H and O–H groups in total. The van der Waals surface area contributed by atoms with Crippen LogP contribution < -0.4 is 0 Å². The van der Waals surface area contributed by atoms with Gasteiger partial charge in [-0.2, -0.15) is 0 Å². The summed E-state index contributed by atoms with van der Waals surface area (Å²) in [7, 11) is 0. The molecule has 0 radical (unpaired) electrons. The third-order valence-electron chi connectivity index (χ3n) is 3.39. The summed E-state index contributed by atoms with van der Waals surface area (Å²) < 4.78 is 5.50. The number of fused-ring (bicyclic) bond motifs is 1. The molecule has 1 aromatic carbocycles. The summed E-state index contributed by atoms with van der Waals surface area (Å²) in [6.45, 7) is 8.45. The van der Waals surface area contributed by atoms with Crippen LogP contribution in [0.4, 0.5) is 0 Å². The quantitative estimate of drug-likeness (QED) is 0.694. The van der Waals surface area contributed by atoms with Crippen molar-refractivity contribution in [2.45, 2.75) is 45.8 Å². The number of benzene rings is 1. The summed E-state index contributed by atoms with van der Waals surface area (Å²) in [4.78, 5) is 0. The molecule has 2 rings (SSSR count). The van der Waals surface area contributed by atoms with Gasteiger partial charge in [-0.3, -0.25) is 0 Å². The number of hydrogen-bond acceptors (Lipinski definition) is 1. The van der Waals surface area contributed by atoms with Crippen molar-refractivity contribution in [3.63, 3.8) is 0 Å². The van der Waals surface area contributed by atoms with Gasteiger partial charge in [-0.1, -0.05) is 39.0 Å². The molecule has 14 heavy (non-hydrogen) atoms. The molecule has 0 aliphatic carbocycles. The Morgan fingerprint density at radius 2 is 2.07 bits per heavy atom. The Bertz CT molecular complexity index is 339. The molecule has 1 heteroatoms. The van der Waals surface area contributed by atoms with Crippen LogP contribution in [0.3, 0.4) is 0 Å². The zero-order valence-electron chi connectivity index (χ0n) is 9.26. The molecule has 1 aromatic rings. The van der Waals surface area contributed by atoms with Gasteiger partial charge in [0.25, 0.3) is 0 Å². The Kier molecular flexibility index (Phi) is 2.36. The fourth-order valence-electron chi connectivity index (χ4n) is 2.03. The molecular formula is C13H18O. The van der Waals surface area contributed by atoms with Gasteiger partial charge in [-0.05, 0) is 28.5 Å². The average molecular weight is 190 g/mol. The number of hydrogen-bond donors (Lipinski definition) is 0.